The molecule has 0 saturated heterocycles. The highest BCUT2D eigenvalue weighted by Gasteiger charge is 2.10. The van der Waals surface area contributed by atoms with Crippen LogP contribution in [0.2, 0.25) is 0 Å². The van der Waals surface area contributed by atoms with Crippen molar-refractivity contribution in [3.05, 3.63) is 35.9 Å². The van der Waals surface area contributed by atoms with Crippen LogP contribution in [-0.4, -0.2) is 12.2 Å². The maximum atomic E-state index is 9.82. The highest BCUT2D eigenvalue weighted by molar-refractivity contribution is 5.93. The monoisotopic (exact) mass is 213 g/mol. The van der Waals surface area contributed by atoms with E-state index in [2.05, 4.69) is 6.07 Å². The summed E-state index contributed by atoms with van der Waals surface area (Å²) in [6.45, 7) is 0. The minimum absolute atomic E-state index is 0.108. The molecule has 0 fully saturated rings. The molecular weight excluding hydrogens is 202 g/mol. The third-order valence-corrected chi connectivity index (χ3v) is 2.57. The van der Waals surface area contributed by atoms with Crippen LogP contribution < -0.4 is 4.74 Å². The Balaban J connectivity index is 2.82. The normalized spacial score (nSPS) is 10.0. The second kappa shape index (κ2) is 4.11. The first-order valence-electron chi connectivity index (χ1n) is 4.92. The summed E-state index contributed by atoms with van der Waals surface area (Å²) >= 11 is 0. The number of benzene rings is 2. The fraction of sp³-hybridized carbons (Fsp3) is 0.154. The summed E-state index contributed by atoms with van der Waals surface area (Å²) in [6, 6.07) is 11.2. The number of nitriles is 1. The van der Waals surface area contributed by atoms with Crippen molar-refractivity contribution in [3.63, 3.8) is 0 Å². The van der Waals surface area contributed by atoms with E-state index in [1.54, 1.807) is 13.2 Å². The standard InChI is InChI=1S/C13H11NO2/c1-16-13-8-12(15)10(6-7-14)9-4-2-3-5-11(9)13/h2-5,8,15H,6H2,1H3. The van der Waals surface area contributed by atoms with Gasteiger partial charge >= 0.3 is 0 Å². The Hall–Kier alpha value is -2.21. The van der Waals surface area contributed by atoms with Gasteiger partial charge in [-0.15, -0.1) is 0 Å². The molecule has 3 nitrogen and oxygen atoms in total. The van der Waals surface area contributed by atoms with Gasteiger partial charge in [0.2, 0.25) is 0 Å². The van der Waals surface area contributed by atoms with Crippen LogP contribution in [0.15, 0.2) is 30.3 Å². The molecule has 0 heterocycles. The Morgan fingerprint density at radius 1 is 1.31 bits per heavy atom. The Kier molecular flexibility index (Phi) is 2.65. The number of nitrogens with zero attached hydrogens (tertiary/aromatic N) is 1. The number of fused-ring (bicyclic) bond motifs is 1. The number of hydrogen-bond acceptors (Lipinski definition) is 3. The van der Waals surface area contributed by atoms with Gasteiger partial charge in [0.1, 0.15) is 11.5 Å². The molecule has 3 heteroatoms. The van der Waals surface area contributed by atoms with Crippen molar-refractivity contribution in [3.8, 4) is 17.6 Å². The van der Waals surface area contributed by atoms with Crippen LogP contribution in [-0.2, 0) is 6.42 Å². The second-order valence-corrected chi connectivity index (χ2v) is 3.46. The van der Waals surface area contributed by atoms with Crippen molar-refractivity contribution in [2.75, 3.05) is 7.11 Å². The van der Waals surface area contributed by atoms with Crippen LogP contribution in [0.5, 0.6) is 11.5 Å². The number of hydrogen-bond donors (Lipinski definition) is 1. The number of phenolic OH excluding ortho intramolecular Hbond substituents is 1. The second-order valence-electron chi connectivity index (χ2n) is 3.46. The summed E-state index contributed by atoms with van der Waals surface area (Å²) < 4.78 is 5.20. The predicted octanol–water partition coefficient (Wildman–Crippen LogP) is 2.62. The fourth-order valence-electron chi connectivity index (χ4n) is 1.82. The fourth-order valence-corrected chi connectivity index (χ4v) is 1.82. The first kappa shape index (κ1) is 10.3. The van der Waals surface area contributed by atoms with Gasteiger partial charge in [0.15, 0.2) is 0 Å². The number of aromatic hydroxyl groups is 1. The van der Waals surface area contributed by atoms with Gasteiger partial charge in [0, 0.05) is 17.0 Å². The molecule has 0 atom stereocenters. The minimum Gasteiger partial charge on any atom is -0.507 e. The zero-order valence-electron chi connectivity index (χ0n) is 8.90. The molecule has 0 saturated carbocycles. The summed E-state index contributed by atoms with van der Waals surface area (Å²) in [5.74, 6) is 0.729. The summed E-state index contributed by atoms with van der Waals surface area (Å²) in [5.41, 5.74) is 0.652. The smallest absolute Gasteiger partial charge is 0.130 e. The molecule has 0 aromatic heterocycles. The topological polar surface area (TPSA) is 53.2 Å². The van der Waals surface area contributed by atoms with Crippen LogP contribution in [0.4, 0.5) is 0 Å². The lowest BCUT2D eigenvalue weighted by molar-refractivity contribution is 0.412. The molecule has 2 aromatic carbocycles. The molecule has 0 amide bonds. The zero-order chi connectivity index (χ0) is 11.5. The minimum atomic E-state index is 0.108. The van der Waals surface area contributed by atoms with Crippen molar-refractivity contribution in [2.45, 2.75) is 6.42 Å². The number of rotatable bonds is 2. The van der Waals surface area contributed by atoms with E-state index in [4.69, 9.17) is 10.00 Å². The molecule has 0 aliphatic heterocycles. The molecule has 2 aromatic rings. The van der Waals surface area contributed by atoms with Crippen LogP contribution in [0.1, 0.15) is 5.56 Å². The first-order valence-corrected chi connectivity index (χ1v) is 4.92. The zero-order valence-corrected chi connectivity index (χ0v) is 8.90. The molecule has 0 spiro atoms. The van der Waals surface area contributed by atoms with Crippen molar-refractivity contribution in [1.29, 1.82) is 5.26 Å². The Morgan fingerprint density at radius 2 is 2.00 bits per heavy atom. The quantitative estimate of drug-likeness (QED) is 0.834. The van der Waals surface area contributed by atoms with E-state index in [1.807, 2.05) is 24.3 Å². The summed E-state index contributed by atoms with van der Waals surface area (Å²) in [7, 11) is 1.56. The number of phenols is 1. The molecule has 0 bridgehead atoms. The molecule has 0 aliphatic carbocycles. The van der Waals surface area contributed by atoms with Crippen LogP contribution in [0.3, 0.4) is 0 Å². The lowest BCUT2D eigenvalue weighted by Gasteiger charge is -2.10. The van der Waals surface area contributed by atoms with Crippen molar-refractivity contribution < 1.29 is 9.84 Å². The lowest BCUT2D eigenvalue weighted by atomic mass is 10.0. The van der Waals surface area contributed by atoms with Gasteiger partial charge in [0.05, 0.1) is 19.6 Å². The Morgan fingerprint density at radius 3 is 2.62 bits per heavy atom. The molecule has 0 aliphatic rings. The van der Waals surface area contributed by atoms with Gasteiger partial charge < -0.3 is 9.84 Å². The van der Waals surface area contributed by atoms with Crippen LogP contribution in [0, 0.1) is 11.3 Å². The third kappa shape index (κ3) is 1.55. The van der Waals surface area contributed by atoms with E-state index < -0.39 is 0 Å². The van der Waals surface area contributed by atoms with Gasteiger partial charge in [-0.25, -0.2) is 0 Å². The molecule has 2 rings (SSSR count). The van der Waals surface area contributed by atoms with Crippen LogP contribution >= 0.6 is 0 Å². The van der Waals surface area contributed by atoms with E-state index in [1.165, 1.54) is 0 Å². The average molecular weight is 213 g/mol. The number of ether oxygens (including phenoxy) is 1. The summed E-state index contributed by atoms with van der Waals surface area (Å²) in [5, 5.41) is 20.3. The predicted molar refractivity (Wildman–Crippen MR) is 61.5 cm³/mol. The van der Waals surface area contributed by atoms with E-state index in [0.29, 0.717) is 11.3 Å². The van der Waals surface area contributed by atoms with E-state index >= 15 is 0 Å². The van der Waals surface area contributed by atoms with E-state index in [9.17, 15) is 5.11 Å². The summed E-state index contributed by atoms with van der Waals surface area (Å²) in [4.78, 5) is 0. The molecule has 0 unspecified atom stereocenters. The Bertz CT molecular complexity index is 570. The van der Waals surface area contributed by atoms with Crippen molar-refractivity contribution >= 4 is 10.8 Å². The van der Waals surface area contributed by atoms with Gasteiger partial charge in [-0.1, -0.05) is 24.3 Å². The average Bonchev–Trinajstić information content (AvgIpc) is 2.32. The SMILES string of the molecule is COc1cc(O)c(CC#N)c2ccccc12. The lowest BCUT2D eigenvalue weighted by Crippen LogP contribution is -1.90. The molecule has 0 radical (unpaired) electrons. The van der Waals surface area contributed by atoms with Gasteiger partial charge in [0.25, 0.3) is 0 Å². The molecule has 16 heavy (non-hydrogen) atoms. The largest absolute Gasteiger partial charge is 0.507 e. The summed E-state index contributed by atoms with van der Waals surface area (Å²) in [6.07, 6.45) is 0.191. The van der Waals surface area contributed by atoms with Gasteiger partial charge in [-0.05, 0) is 5.39 Å². The highest BCUT2D eigenvalue weighted by Crippen LogP contribution is 2.35. The van der Waals surface area contributed by atoms with Crippen molar-refractivity contribution in [1.82, 2.24) is 0 Å². The van der Waals surface area contributed by atoms with Gasteiger partial charge in [-0.2, -0.15) is 5.26 Å². The van der Waals surface area contributed by atoms with Crippen molar-refractivity contribution in [2.24, 2.45) is 0 Å². The maximum absolute atomic E-state index is 9.82. The number of methoxy groups -OCH3 is 1. The first-order chi connectivity index (χ1) is 7.77. The molecular formula is C13H11NO2. The highest BCUT2D eigenvalue weighted by atomic mass is 16.5. The van der Waals surface area contributed by atoms with E-state index in [0.717, 1.165) is 10.8 Å². The van der Waals surface area contributed by atoms with Gasteiger partial charge in [-0.3, -0.25) is 0 Å². The van der Waals surface area contributed by atoms with Crippen LogP contribution in [0.25, 0.3) is 10.8 Å². The molecule has 1 N–H and O–H groups in total. The Labute approximate surface area is 93.5 Å². The maximum Gasteiger partial charge on any atom is 0.130 e. The van der Waals surface area contributed by atoms with E-state index in [-0.39, 0.29) is 12.2 Å². The third-order valence-electron chi connectivity index (χ3n) is 2.57. The molecule has 80 valence electrons.